The smallest absolute Gasteiger partial charge is 0.257 e. The van der Waals surface area contributed by atoms with E-state index in [-0.39, 0.29) is 11.7 Å². The van der Waals surface area contributed by atoms with Crippen LogP contribution in [-0.2, 0) is 0 Å². The molecule has 3 rings (SSSR count). The van der Waals surface area contributed by atoms with Crippen LogP contribution >= 0.6 is 11.3 Å². The Hall–Kier alpha value is -2.93. The molecule has 0 aliphatic rings. The summed E-state index contributed by atoms with van der Waals surface area (Å²) in [6, 6.07) is 11.5. The quantitative estimate of drug-likeness (QED) is 0.727. The van der Waals surface area contributed by atoms with Crippen LogP contribution in [0.4, 0.5) is 15.2 Å². The first-order chi connectivity index (χ1) is 12.5. The van der Waals surface area contributed by atoms with E-state index in [2.05, 4.69) is 10.3 Å². The fraction of sp³-hybridized carbons (Fsp3) is 0.158. The van der Waals surface area contributed by atoms with Crippen LogP contribution in [0.25, 0.3) is 11.3 Å². The highest BCUT2D eigenvalue weighted by Gasteiger charge is 2.14. The molecule has 0 spiro atoms. The number of halogens is 1. The van der Waals surface area contributed by atoms with Crippen molar-refractivity contribution >= 4 is 28.1 Å². The summed E-state index contributed by atoms with van der Waals surface area (Å²) >= 11 is 1.27. The lowest BCUT2D eigenvalue weighted by Gasteiger charge is -2.13. The van der Waals surface area contributed by atoms with Crippen molar-refractivity contribution in [3.63, 3.8) is 0 Å². The van der Waals surface area contributed by atoms with Crippen LogP contribution in [0.5, 0.6) is 5.75 Å². The van der Waals surface area contributed by atoms with Gasteiger partial charge in [0.15, 0.2) is 5.13 Å². The molecule has 1 amide bonds. The van der Waals surface area contributed by atoms with E-state index in [0.29, 0.717) is 27.7 Å². The Kier molecular flexibility index (Phi) is 5.18. The second-order valence-electron chi connectivity index (χ2n) is 5.78. The lowest BCUT2D eigenvalue weighted by Crippen LogP contribution is -2.14. The molecule has 5 nitrogen and oxygen atoms in total. The van der Waals surface area contributed by atoms with E-state index in [9.17, 15) is 9.18 Å². The number of aromatic nitrogens is 1. The molecule has 0 saturated carbocycles. The number of ether oxygens (including phenoxy) is 1. The summed E-state index contributed by atoms with van der Waals surface area (Å²) in [7, 11) is 5.34. The van der Waals surface area contributed by atoms with Crippen LogP contribution < -0.4 is 15.0 Å². The normalized spacial score (nSPS) is 10.5. The Morgan fingerprint density at radius 1 is 1.23 bits per heavy atom. The predicted molar refractivity (Wildman–Crippen MR) is 103 cm³/mol. The SMILES string of the molecule is COc1ccc(F)cc1-c1csc(NC(=O)c2cccc(N(C)C)c2)n1. The van der Waals surface area contributed by atoms with Gasteiger partial charge in [-0.05, 0) is 36.4 Å². The van der Waals surface area contributed by atoms with Gasteiger partial charge in [-0.1, -0.05) is 6.07 Å². The number of methoxy groups -OCH3 is 1. The minimum atomic E-state index is -0.375. The summed E-state index contributed by atoms with van der Waals surface area (Å²) in [6.45, 7) is 0. The second kappa shape index (κ2) is 7.53. The van der Waals surface area contributed by atoms with Gasteiger partial charge < -0.3 is 9.64 Å². The molecule has 134 valence electrons. The topological polar surface area (TPSA) is 54.5 Å². The Morgan fingerprint density at radius 3 is 2.77 bits per heavy atom. The molecular formula is C19H18FN3O2S. The molecule has 0 unspecified atom stereocenters. The van der Waals surface area contributed by atoms with Gasteiger partial charge in [-0.15, -0.1) is 11.3 Å². The molecule has 0 fully saturated rings. The van der Waals surface area contributed by atoms with E-state index < -0.39 is 0 Å². The van der Waals surface area contributed by atoms with Gasteiger partial charge in [0, 0.05) is 36.3 Å². The van der Waals surface area contributed by atoms with E-state index in [1.54, 1.807) is 23.6 Å². The van der Waals surface area contributed by atoms with Gasteiger partial charge in [0.2, 0.25) is 0 Å². The summed E-state index contributed by atoms with van der Waals surface area (Å²) < 4.78 is 18.8. The Morgan fingerprint density at radius 2 is 2.04 bits per heavy atom. The van der Waals surface area contributed by atoms with Crippen LogP contribution in [0, 0.1) is 5.82 Å². The summed E-state index contributed by atoms with van der Waals surface area (Å²) in [6.07, 6.45) is 0. The van der Waals surface area contributed by atoms with Crippen LogP contribution in [0.2, 0.25) is 0 Å². The van der Waals surface area contributed by atoms with Crippen molar-refractivity contribution in [2.45, 2.75) is 0 Å². The molecule has 7 heteroatoms. The van der Waals surface area contributed by atoms with Gasteiger partial charge in [0.25, 0.3) is 5.91 Å². The minimum absolute atomic E-state index is 0.249. The summed E-state index contributed by atoms with van der Waals surface area (Å²) in [5.74, 6) is -0.103. The number of nitrogens with zero attached hydrogens (tertiary/aromatic N) is 2. The minimum Gasteiger partial charge on any atom is -0.496 e. The fourth-order valence-electron chi connectivity index (χ4n) is 2.43. The zero-order chi connectivity index (χ0) is 18.7. The van der Waals surface area contributed by atoms with Gasteiger partial charge >= 0.3 is 0 Å². The lowest BCUT2D eigenvalue weighted by atomic mass is 10.1. The number of thiazole rings is 1. The van der Waals surface area contributed by atoms with Gasteiger partial charge in [0.1, 0.15) is 11.6 Å². The lowest BCUT2D eigenvalue weighted by molar-refractivity contribution is 0.102. The van der Waals surface area contributed by atoms with Gasteiger partial charge in [-0.3, -0.25) is 10.1 Å². The molecule has 0 bridgehead atoms. The molecule has 0 saturated heterocycles. The second-order valence-corrected chi connectivity index (χ2v) is 6.64. The van der Waals surface area contributed by atoms with Crippen LogP contribution in [0.3, 0.4) is 0 Å². The van der Waals surface area contributed by atoms with E-state index >= 15 is 0 Å². The molecule has 1 N–H and O–H groups in total. The molecule has 0 radical (unpaired) electrons. The van der Waals surface area contributed by atoms with Crippen molar-refractivity contribution in [2.75, 3.05) is 31.4 Å². The number of benzene rings is 2. The first-order valence-corrected chi connectivity index (χ1v) is 8.74. The number of carbonyl (C=O) groups is 1. The van der Waals surface area contributed by atoms with Crippen molar-refractivity contribution in [1.29, 1.82) is 0 Å². The van der Waals surface area contributed by atoms with E-state index in [1.807, 2.05) is 31.1 Å². The number of hydrogen-bond donors (Lipinski definition) is 1. The average molecular weight is 371 g/mol. The maximum absolute atomic E-state index is 13.6. The summed E-state index contributed by atoms with van der Waals surface area (Å²) in [5.41, 5.74) is 2.56. The molecule has 3 aromatic rings. The van der Waals surface area contributed by atoms with Crippen molar-refractivity contribution < 1.29 is 13.9 Å². The molecule has 0 aliphatic carbocycles. The highest BCUT2D eigenvalue weighted by molar-refractivity contribution is 7.14. The summed E-state index contributed by atoms with van der Waals surface area (Å²) in [5, 5.41) is 4.97. The number of hydrogen-bond acceptors (Lipinski definition) is 5. The molecule has 2 aromatic carbocycles. The monoisotopic (exact) mass is 371 g/mol. The number of amides is 1. The molecule has 0 atom stereocenters. The number of anilines is 2. The zero-order valence-electron chi connectivity index (χ0n) is 14.6. The van der Waals surface area contributed by atoms with Gasteiger partial charge in [0.05, 0.1) is 12.8 Å². The van der Waals surface area contributed by atoms with Crippen molar-refractivity contribution in [3.05, 3.63) is 59.2 Å². The van der Waals surface area contributed by atoms with E-state index in [0.717, 1.165) is 5.69 Å². The van der Waals surface area contributed by atoms with Crippen LogP contribution in [0.1, 0.15) is 10.4 Å². The third kappa shape index (κ3) is 3.83. The number of rotatable bonds is 5. The third-order valence-corrected chi connectivity index (χ3v) is 4.54. The maximum atomic E-state index is 13.6. The van der Waals surface area contributed by atoms with Crippen LogP contribution in [0.15, 0.2) is 47.8 Å². The predicted octanol–water partition coefficient (Wildman–Crippen LogP) is 4.28. The highest BCUT2D eigenvalue weighted by Crippen LogP contribution is 2.33. The highest BCUT2D eigenvalue weighted by atomic mass is 32.1. The summed E-state index contributed by atoms with van der Waals surface area (Å²) in [4.78, 5) is 18.8. The molecule has 1 aromatic heterocycles. The number of carbonyl (C=O) groups excluding carboxylic acids is 1. The largest absolute Gasteiger partial charge is 0.496 e. The molecule has 0 aliphatic heterocycles. The van der Waals surface area contributed by atoms with Crippen LogP contribution in [-0.4, -0.2) is 32.1 Å². The number of nitrogens with one attached hydrogen (secondary N) is 1. The zero-order valence-corrected chi connectivity index (χ0v) is 15.4. The van der Waals surface area contributed by atoms with Gasteiger partial charge in [-0.2, -0.15) is 0 Å². The van der Waals surface area contributed by atoms with E-state index in [4.69, 9.17) is 4.74 Å². The molecule has 26 heavy (non-hydrogen) atoms. The van der Waals surface area contributed by atoms with Crippen molar-refractivity contribution in [1.82, 2.24) is 4.98 Å². The maximum Gasteiger partial charge on any atom is 0.257 e. The third-order valence-electron chi connectivity index (χ3n) is 3.79. The van der Waals surface area contributed by atoms with E-state index in [1.165, 1.54) is 30.6 Å². The average Bonchev–Trinajstić information content (AvgIpc) is 3.10. The fourth-order valence-corrected chi connectivity index (χ4v) is 3.14. The first kappa shape index (κ1) is 17.9. The Bertz CT molecular complexity index is 940. The van der Waals surface area contributed by atoms with Gasteiger partial charge in [-0.25, -0.2) is 9.37 Å². The Balaban J connectivity index is 1.82. The Labute approximate surface area is 155 Å². The molecular weight excluding hydrogens is 353 g/mol. The van der Waals surface area contributed by atoms with Crippen molar-refractivity contribution in [2.24, 2.45) is 0 Å². The molecule has 1 heterocycles. The first-order valence-electron chi connectivity index (χ1n) is 7.86. The standard InChI is InChI=1S/C19H18FN3O2S/c1-23(2)14-6-4-5-12(9-14)18(24)22-19-21-16(11-26-19)15-10-13(20)7-8-17(15)25-3/h4-11H,1-3H3,(H,21,22,24). The van der Waals surface area contributed by atoms with Crippen molar-refractivity contribution in [3.8, 4) is 17.0 Å².